The molecule has 0 spiro atoms. The first-order chi connectivity index (χ1) is 13.4. The fourth-order valence-electron chi connectivity index (χ4n) is 5.12. The molecule has 0 amide bonds. The topological polar surface area (TPSA) is 0 Å². The van der Waals surface area contributed by atoms with Crippen molar-refractivity contribution in [3.05, 3.63) is 53.4 Å². The molecular weight excluding hydrogens is 364 g/mol. The monoisotopic (exact) mass is 394 g/mol. The molecule has 0 aliphatic heterocycles. The SMILES string of the molecule is CC=CC1CCC(C2CCC(c3ccc(C=CC(F)(F)F)c(F)c3)CC2)CC1. The molecular formula is C24H30F4. The highest BCUT2D eigenvalue weighted by Crippen LogP contribution is 2.44. The third kappa shape index (κ3) is 5.71. The molecule has 2 aliphatic carbocycles. The van der Waals surface area contributed by atoms with Crippen LogP contribution in [0.2, 0.25) is 0 Å². The van der Waals surface area contributed by atoms with Crippen LogP contribution < -0.4 is 0 Å². The van der Waals surface area contributed by atoms with Gasteiger partial charge in [-0.1, -0.05) is 24.3 Å². The quantitative estimate of drug-likeness (QED) is 0.358. The molecule has 3 rings (SSSR count). The van der Waals surface area contributed by atoms with Gasteiger partial charge in [-0.15, -0.1) is 0 Å². The van der Waals surface area contributed by atoms with Crippen LogP contribution in [0.15, 0.2) is 36.4 Å². The number of rotatable bonds is 4. The van der Waals surface area contributed by atoms with Gasteiger partial charge in [-0.05, 0) is 99.7 Å². The fraction of sp³-hybridized carbons (Fsp3) is 0.583. The van der Waals surface area contributed by atoms with Crippen LogP contribution in [0, 0.1) is 23.6 Å². The number of hydrogen-bond acceptors (Lipinski definition) is 0. The first-order valence-electron chi connectivity index (χ1n) is 10.5. The summed E-state index contributed by atoms with van der Waals surface area (Å²) >= 11 is 0. The number of allylic oxidation sites excluding steroid dienone is 3. The molecule has 0 unspecified atom stereocenters. The summed E-state index contributed by atoms with van der Waals surface area (Å²) in [6.45, 7) is 2.09. The maximum atomic E-state index is 14.2. The van der Waals surface area contributed by atoms with Crippen LogP contribution in [-0.2, 0) is 0 Å². The first-order valence-corrected chi connectivity index (χ1v) is 10.5. The average Bonchev–Trinajstić information content (AvgIpc) is 2.67. The number of alkyl halides is 3. The molecule has 2 fully saturated rings. The molecule has 0 aromatic heterocycles. The van der Waals surface area contributed by atoms with Crippen molar-refractivity contribution >= 4 is 6.08 Å². The Bertz CT molecular complexity index is 685. The molecule has 0 saturated heterocycles. The van der Waals surface area contributed by atoms with Crippen molar-refractivity contribution in [1.29, 1.82) is 0 Å². The van der Waals surface area contributed by atoms with Crippen LogP contribution in [0.3, 0.4) is 0 Å². The minimum atomic E-state index is -4.42. The third-order valence-electron chi connectivity index (χ3n) is 6.67. The van der Waals surface area contributed by atoms with Crippen LogP contribution in [0.25, 0.3) is 6.08 Å². The van der Waals surface area contributed by atoms with Gasteiger partial charge in [-0.3, -0.25) is 0 Å². The summed E-state index contributed by atoms with van der Waals surface area (Å²) in [4.78, 5) is 0. The van der Waals surface area contributed by atoms with E-state index in [0.717, 1.165) is 42.2 Å². The van der Waals surface area contributed by atoms with Gasteiger partial charge in [0.1, 0.15) is 5.82 Å². The van der Waals surface area contributed by atoms with E-state index >= 15 is 0 Å². The van der Waals surface area contributed by atoms with Crippen molar-refractivity contribution < 1.29 is 17.6 Å². The predicted octanol–water partition coefficient (Wildman–Crippen LogP) is 8.06. The highest BCUT2D eigenvalue weighted by Gasteiger charge is 2.31. The predicted molar refractivity (Wildman–Crippen MR) is 106 cm³/mol. The number of benzene rings is 1. The van der Waals surface area contributed by atoms with Crippen molar-refractivity contribution in [2.24, 2.45) is 17.8 Å². The molecule has 28 heavy (non-hydrogen) atoms. The zero-order chi connectivity index (χ0) is 20.1. The molecule has 0 atom stereocenters. The van der Waals surface area contributed by atoms with E-state index in [1.54, 1.807) is 6.07 Å². The summed E-state index contributed by atoms with van der Waals surface area (Å²) in [5, 5.41) is 0. The third-order valence-corrected chi connectivity index (χ3v) is 6.67. The Morgan fingerprint density at radius 3 is 2.04 bits per heavy atom. The highest BCUT2D eigenvalue weighted by atomic mass is 19.4. The number of hydrogen-bond donors (Lipinski definition) is 0. The largest absolute Gasteiger partial charge is 0.409 e. The molecule has 2 saturated carbocycles. The number of halogens is 4. The van der Waals surface area contributed by atoms with Gasteiger partial charge in [0, 0.05) is 11.6 Å². The van der Waals surface area contributed by atoms with Gasteiger partial charge in [0.05, 0.1) is 0 Å². The molecule has 2 aliphatic rings. The van der Waals surface area contributed by atoms with Gasteiger partial charge in [0.15, 0.2) is 0 Å². The maximum Gasteiger partial charge on any atom is 0.409 e. The van der Waals surface area contributed by atoms with Crippen LogP contribution >= 0.6 is 0 Å². The van der Waals surface area contributed by atoms with Crippen molar-refractivity contribution in [2.75, 3.05) is 0 Å². The Morgan fingerprint density at radius 2 is 1.50 bits per heavy atom. The minimum absolute atomic E-state index is 0.00681. The Hall–Kier alpha value is -1.58. The second kappa shape index (κ2) is 9.28. The van der Waals surface area contributed by atoms with Crippen LogP contribution in [-0.4, -0.2) is 6.18 Å². The van der Waals surface area contributed by atoms with Gasteiger partial charge < -0.3 is 0 Å². The zero-order valence-electron chi connectivity index (χ0n) is 16.5. The fourth-order valence-corrected chi connectivity index (χ4v) is 5.12. The first kappa shape index (κ1) is 21.1. The van der Waals surface area contributed by atoms with E-state index in [1.807, 2.05) is 0 Å². The van der Waals surface area contributed by atoms with E-state index in [9.17, 15) is 17.6 Å². The van der Waals surface area contributed by atoms with Gasteiger partial charge >= 0.3 is 6.18 Å². The lowest BCUT2D eigenvalue weighted by molar-refractivity contribution is -0.0790. The summed E-state index contributed by atoms with van der Waals surface area (Å²) in [6, 6.07) is 4.71. The summed E-state index contributed by atoms with van der Waals surface area (Å²) in [5.41, 5.74) is 0.921. The van der Waals surface area contributed by atoms with E-state index < -0.39 is 12.0 Å². The second-order valence-electron chi connectivity index (χ2n) is 8.47. The summed E-state index contributed by atoms with van der Waals surface area (Å²) in [7, 11) is 0. The van der Waals surface area contributed by atoms with E-state index in [-0.39, 0.29) is 11.6 Å². The van der Waals surface area contributed by atoms with Crippen molar-refractivity contribution in [3.63, 3.8) is 0 Å². The van der Waals surface area contributed by atoms with Crippen molar-refractivity contribution in [2.45, 2.75) is 70.4 Å². The molecule has 0 nitrogen and oxygen atoms in total. The normalized spacial score (nSPS) is 29.6. The lowest BCUT2D eigenvalue weighted by Crippen LogP contribution is -2.25. The van der Waals surface area contributed by atoms with Gasteiger partial charge in [0.25, 0.3) is 0 Å². The minimum Gasteiger partial charge on any atom is -0.206 e. The molecule has 1 aromatic carbocycles. The highest BCUT2D eigenvalue weighted by molar-refractivity contribution is 5.51. The van der Waals surface area contributed by atoms with E-state index in [4.69, 9.17) is 0 Å². The Kier molecular flexibility index (Phi) is 7.00. The van der Waals surface area contributed by atoms with Gasteiger partial charge in [-0.2, -0.15) is 13.2 Å². The van der Waals surface area contributed by atoms with Crippen molar-refractivity contribution in [1.82, 2.24) is 0 Å². The molecule has 154 valence electrons. The van der Waals surface area contributed by atoms with Crippen LogP contribution in [0.5, 0.6) is 0 Å². The Morgan fingerprint density at radius 1 is 0.893 bits per heavy atom. The van der Waals surface area contributed by atoms with Gasteiger partial charge in [-0.25, -0.2) is 4.39 Å². The average molecular weight is 394 g/mol. The summed E-state index contributed by atoms with van der Waals surface area (Å²) in [5.74, 6) is 2.12. The van der Waals surface area contributed by atoms with E-state index in [1.165, 1.54) is 50.7 Å². The lowest BCUT2D eigenvalue weighted by Gasteiger charge is -2.37. The molecule has 0 radical (unpaired) electrons. The van der Waals surface area contributed by atoms with E-state index in [0.29, 0.717) is 5.92 Å². The van der Waals surface area contributed by atoms with Crippen LogP contribution in [0.1, 0.15) is 75.3 Å². The summed E-state index contributed by atoms with van der Waals surface area (Å²) < 4.78 is 51.1. The van der Waals surface area contributed by atoms with E-state index in [2.05, 4.69) is 19.1 Å². The lowest BCUT2D eigenvalue weighted by atomic mass is 9.68. The van der Waals surface area contributed by atoms with Crippen molar-refractivity contribution in [3.8, 4) is 0 Å². The molecule has 0 bridgehead atoms. The smallest absolute Gasteiger partial charge is 0.206 e. The molecule has 0 heterocycles. The second-order valence-corrected chi connectivity index (χ2v) is 8.47. The Labute approximate surface area is 165 Å². The molecule has 1 aromatic rings. The summed E-state index contributed by atoms with van der Waals surface area (Å²) in [6.07, 6.45) is 10.7. The van der Waals surface area contributed by atoms with Gasteiger partial charge in [0.2, 0.25) is 0 Å². The Balaban J connectivity index is 1.54. The van der Waals surface area contributed by atoms with Crippen LogP contribution in [0.4, 0.5) is 17.6 Å². The zero-order valence-corrected chi connectivity index (χ0v) is 16.5. The molecule has 0 N–H and O–H groups in total. The maximum absolute atomic E-state index is 14.2. The standard InChI is InChI=1S/C24H30F4/c1-2-3-17-4-6-18(7-5-17)19-8-10-20(11-9-19)22-13-12-21(23(25)16-22)14-15-24(26,27)28/h2-3,12-20H,4-11H2,1H3. The molecule has 4 heteroatoms.